The van der Waals surface area contributed by atoms with Gasteiger partial charge in [0.25, 0.3) is 0 Å². The van der Waals surface area contributed by atoms with Crippen LogP contribution in [0.25, 0.3) is 0 Å². The van der Waals surface area contributed by atoms with Gasteiger partial charge in [-0.2, -0.15) is 4.98 Å². The lowest BCUT2D eigenvalue weighted by Crippen LogP contribution is -2.39. The number of piperidine rings is 1. The van der Waals surface area contributed by atoms with E-state index in [1.165, 1.54) is 19.3 Å². The van der Waals surface area contributed by atoms with Crippen molar-refractivity contribution in [1.82, 2.24) is 25.0 Å². The minimum Gasteiger partial charge on any atom is -0.343 e. The summed E-state index contributed by atoms with van der Waals surface area (Å²) in [6.45, 7) is 1.62. The van der Waals surface area contributed by atoms with Gasteiger partial charge in [0.1, 0.15) is 5.82 Å². The van der Waals surface area contributed by atoms with Crippen molar-refractivity contribution in [2.45, 2.75) is 57.3 Å². The zero-order valence-electron chi connectivity index (χ0n) is 15.0. The molecule has 4 rings (SSSR count). The Morgan fingerprint density at radius 2 is 1.92 bits per heavy atom. The third-order valence-corrected chi connectivity index (χ3v) is 5.57. The summed E-state index contributed by atoms with van der Waals surface area (Å²) in [4.78, 5) is 27.3. The van der Waals surface area contributed by atoms with Gasteiger partial charge in [-0.15, -0.1) is 0 Å². The molecule has 1 aliphatic carbocycles. The number of hydrogen-bond donors (Lipinski definition) is 0. The van der Waals surface area contributed by atoms with E-state index in [1.807, 2.05) is 4.90 Å². The Balaban J connectivity index is 1.21. The maximum Gasteiger partial charge on any atom is 0.226 e. The molecule has 26 heavy (non-hydrogen) atoms. The number of rotatable bonds is 6. The SMILES string of the molecule is O=C(CCc1ncccn1)N1CCC(Cc2nc(C3CCC3)no2)CC1. The van der Waals surface area contributed by atoms with Gasteiger partial charge in [0.15, 0.2) is 5.82 Å². The van der Waals surface area contributed by atoms with Crippen molar-refractivity contribution in [1.29, 1.82) is 0 Å². The van der Waals surface area contributed by atoms with Crippen LogP contribution < -0.4 is 0 Å². The van der Waals surface area contributed by atoms with Gasteiger partial charge in [-0.1, -0.05) is 11.6 Å². The van der Waals surface area contributed by atoms with E-state index in [0.717, 1.165) is 49.9 Å². The average Bonchev–Trinajstić information content (AvgIpc) is 3.07. The van der Waals surface area contributed by atoms with Gasteiger partial charge >= 0.3 is 0 Å². The number of aromatic nitrogens is 4. The summed E-state index contributed by atoms with van der Waals surface area (Å²) < 4.78 is 5.43. The van der Waals surface area contributed by atoms with Crippen LogP contribution in [0.4, 0.5) is 0 Å². The fraction of sp³-hybridized carbons (Fsp3) is 0.632. The van der Waals surface area contributed by atoms with Crippen molar-refractivity contribution < 1.29 is 9.32 Å². The minimum absolute atomic E-state index is 0.195. The van der Waals surface area contributed by atoms with E-state index in [4.69, 9.17) is 4.52 Å². The normalized spacial score (nSPS) is 18.7. The Morgan fingerprint density at radius 3 is 2.62 bits per heavy atom. The average molecular weight is 355 g/mol. The third-order valence-electron chi connectivity index (χ3n) is 5.57. The van der Waals surface area contributed by atoms with Gasteiger partial charge < -0.3 is 9.42 Å². The monoisotopic (exact) mass is 355 g/mol. The van der Waals surface area contributed by atoms with Crippen molar-refractivity contribution in [3.63, 3.8) is 0 Å². The van der Waals surface area contributed by atoms with E-state index >= 15 is 0 Å². The molecule has 1 saturated carbocycles. The lowest BCUT2D eigenvalue weighted by Gasteiger charge is -2.31. The molecule has 0 aromatic carbocycles. The van der Waals surface area contributed by atoms with E-state index < -0.39 is 0 Å². The molecule has 2 aliphatic rings. The third kappa shape index (κ3) is 4.08. The fourth-order valence-corrected chi connectivity index (χ4v) is 3.65. The van der Waals surface area contributed by atoms with Crippen LogP contribution in [-0.2, 0) is 17.6 Å². The molecule has 138 valence electrons. The van der Waals surface area contributed by atoms with Crippen LogP contribution in [0.15, 0.2) is 23.0 Å². The summed E-state index contributed by atoms with van der Waals surface area (Å²) in [7, 11) is 0. The standard InChI is InChI=1S/C19H25N5O2/c25-18(6-5-16-20-9-2-10-21-16)24-11-7-14(8-12-24)13-17-22-19(23-26-17)15-3-1-4-15/h2,9-10,14-15H,1,3-8,11-13H2. The maximum absolute atomic E-state index is 12.4. The molecule has 2 fully saturated rings. The molecule has 0 unspecified atom stereocenters. The van der Waals surface area contributed by atoms with Crippen molar-refractivity contribution in [3.8, 4) is 0 Å². The number of amides is 1. The van der Waals surface area contributed by atoms with Crippen molar-refractivity contribution in [2.24, 2.45) is 5.92 Å². The predicted octanol–water partition coefficient (Wildman–Crippen LogP) is 2.54. The molecule has 7 heteroatoms. The Morgan fingerprint density at radius 1 is 1.15 bits per heavy atom. The minimum atomic E-state index is 0.195. The highest BCUT2D eigenvalue weighted by atomic mass is 16.5. The van der Waals surface area contributed by atoms with Crippen LogP contribution in [0.1, 0.15) is 62.0 Å². The second-order valence-corrected chi connectivity index (χ2v) is 7.37. The summed E-state index contributed by atoms with van der Waals surface area (Å²) in [5.41, 5.74) is 0. The molecule has 0 radical (unpaired) electrons. The molecule has 2 aromatic rings. The van der Waals surface area contributed by atoms with E-state index in [9.17, 15) is 4.79 Å². The summed E-state index contributed by atoms with van der Waals surface area (Å²) in [6.07, 6.45) is 11.0. The molecule has 0 N–H and O–H groups in total. The van der Waals surface area contributed by atoms with Crippen LogP contribution in [0, 0.1) is 5.92 Å². The van der Waals surface area contributed by atoms with Gasteiger partial charge in [0.05, 0.1) is 0 Å². The molecule has 1 saturated heterocycles. The highest BCUT2D eigenvalue weighted by Gasteiger charge is 2.27. The summed E-state index contributed by atoms with van der Waals surface area (Å²) in [5.74, 6) is 3.61. The van der Waals surface area contributed by atoms with Crippen molar-refractivity contribution in [2.75, 3.05) is 13.1 Å². The van der Waals surface area contributed by atoms with Crippen LogP contribution >= 0.6 is 0 Å². The topological polar surface area (TPSA) is 85.0 Å². The predicted molar refractivity (Wildman–Crippen MR) is 94.3 cm³/mol. The number of nitrogens with zero attached hydrogens (tertiary/aromatic N) is 5. The molecular weight excluding hydrogens is 330 g/mol. The molecule has 1 amide bonds. The summed E-state index contributed by atoms with van der Waals surface area (Å²) in [5, 5.41) is 4.14. The van der Waals surface area contributed by atoms with Crippen LogP contribution in [0.3, 0.4) is 0 Å². The highest BCUT2D eigenvalue weighted by Crippen LogP contribution is 2.34. The smallest absolute Gasteiger partial charge is 0.226 e. The first-order valence-corrected chi connectivity index (χ1v) is 9.64. The Bertz CT molecular complexity index is 721. The zero-order valence-corrected chi connectivity index (χ0v) is 15.0. The first kappa shape index (κ1) is 17.1. The molecular formula is C19H25N5O2. The van der Waals surface area contributed by atoms with Crippen molar-refractivity contribution >= 4 is 5.91 Å². The number of aryl methyl sites for hydroxylation is 1. The number of hydrogen-bond acceptors (Lipinski definition) is 6. The first-order valence-electron chi connectivity index (χ1n) is 9.64. The molecule has 0 bridgehead atoms. The van der Waals surface area contributed by atoms with E-state index in [1.54, 1.807) is 18.5 Å². The molecule has 2 aromatic heterocycles. The first-order chi connectivity index (χ1) is 12.8. The van der Waals surface area contributed by atoms with E-state index in [-0.39, 0.29) is 5.91 Å². The Labute approximate surface area is 153 Å². The second kappa shape index (κ2) is 7.93. The van der Waals surface area contributed by atoms with Gasteiger partial charge in [-0.05, 0) is 37.7 Å². The number of carbonyl (C=O) groups is 1. The fourth-order valence-electron chi connectivity index (χ4n) is 3.65. The van der Waals surface area contributed by atoms with Crippen molar-refractivity contribution in [3.05, 3.63) is 36.0 Å². The van der Waals surface area contributed by atoms with Crippen LogP contribution in [0.5, 0.6) is 0 Å². The lowest BCUT2D eigenvalue weighted by molar-refractivity contribution is -0.132. The zero-order chi connectivity index (χ0) is 17.8. The Hall–Kier alpha value is -2.31. The van der Waals surface area contributed by atoms with Gasteiger partial charge in [-0.3, -0.25) is 4.79 Å². The highest BCUT2D eigenvalue weighted by molar-refractivity contribution is 5.76. The van der Waals surface area contributed by atoms with Crippen LogP contribution in [0.2, 0.25) is 0 Å². The summed E-state index contributed by atoms with van der Waals surface area (Å²) >= 11 is 0. The maximum atomic E-state index is 12.4. The molecule has 0 spiro atoms. The van der Waals surface area contributed by atoms with Gasteiger partial charge in [0, 0.05) is 50.7 Å². The van der Waals surface area contributed by atoms with E-state index in [0.29, 0.717) is 24.7 Å². The number of carbonyl (C=O) groups excluding carboxylic acids is 1. The molecule has 7 nitrogen and oxygen atoms in total. The lowest BCUT2D eigenvalue weighted by atomic mass is 9.85. The molecule has 0 atom stereocenters. The quantitative estimate of drug-likeness (QED) is 0.792. The second-order valence-electron chi connectivity index (χ2n) is 7.37. The molecule has 1 aliphatic heterocycles. The van der Waals surface area contributed by atoms with Crippen LogP contribution in [-0.4, -0.2) is 44.0 Å². The molecule has 3 heterocycles. The summed E-state index contributed by atoms with van der Waals surface area (Å²) in [6, 6.07) is 1.79. The van der Waals surface area contributed by atoms with E-state index in [2.05, 4.69) is 20.1 Å². The number of likely N-dealkylation sites (tertiary alicyclic amines) is 1. The van der Waals surface area contributed by atoms with Gasteiger partial charge in [0.2, 0.25) is 11.8 Å². The Kier molecular flexibility index (Phi) is 5.22. The largest absolute Gasteiger partial charge is 0.343 e. The van der Waals surface area contributed by atoms with Gasteiger partial charge in [-0.25, -0.2) is 9.97 Å².